The molecule has 0 bridgehead atoms. The summed E-state index contributed by atoms with van der Waals surface area (Å²) in [5, 5.41) is 11.8. The number of hydrogen-bond donors (Lipinski definition) is 1. The van der Waals surface area contributed by atoms with E-state index in [1.54, 1.807) is 10.9 Å². The standard InChI is InChI=1S/C19H25F2N5/c20-16-8-15(9-17(21)10-16)19-13-26(24-23-19)11-14-3-6-25(7-4-14)12-18-2-1-5-22-18/h8-10,13-14,18,22H,1-7,11-12H2/t18-/m1/s1. The van der Waals surface area contributed by atoms with Crippen molar-refractivity contribution >= 4 is 0 Å². The zero-order valence-electron chi connectivity index (χ0n) is 14.9. The van der Waals surface area contributed by atoms with E-state index in [9.17, 15) is 8.78 Å². The van der Waals surface area contributed by atoms with Crippen LogP contribution in [0.5, 0.6) is 0 Å². The largest absolute Gasteiger partial charge is 0.313 e. The van der Waals surface area contributed by atoms with Gasteiger partial charge in [0.2, 0.25) is 0 Å². The van der Waals surface area contributed by atoms with E-state index in [2.05, 4.69) is 20.5 Å². The molecule has 3 heterocycles. The monoisotopic (exact) mass is 361 g/mol. The van der Waals surface area contributed by atoms with Crippen molar-refractivity contribution < 1.29 is 8.78 Å². The van der Waals surface area contributed by atoms with Crippen LogP contribution in [0.25, 0.3) is 11.3 Å². The van der Waals surface area contributed by atoms with E-state index in [-0.39, 0.29) is 0 Å². The minimum absolute atomic E-state index is 0.424. The summed E-state index contributed by atoms with van der Waals surface area (Å²) in [5.41, 5.74) is 0.931. The molecule has 1 atom stereocenters. The fourth-order valence-corrected chi connectivity index (χ4v) is 4.06. The summed E-state index contributed by atoms with van der Waals surface area (Å²) in [5.74, 6) is -0.626. The molecule has 2 aromatic rings. The number of hydrogen-bond acceptors (Lipinski definition) is 4. The molecule has 7 heteroatoms. The second kappa shape index (κ2) is 7.80. The fourth-order valence-electron chi connectivity index (χ4n) is 4.06. The van der Waals surface area contributed by atoms with E-state index in [1.807, 2.05) is 0 Å². The van der Waals surface area contributed by atoms with E-state index in [0.717, 1.165) is 51.6 Å². The van der Waals surface area contributed by atoms with Crippen LogP contribution in [0, 0.1) is 17.6 Å². The van der Waals surface area contributed by atoms with Crippen LogP contribution in [0.3, 0.4) is 0 Å². The zero-order chi connectivity index (χ0) is 17.9. The predicted octanol–water partition coefficient (Wildman–Crippen LogP) is 2.69. The quantitative estimate of drug-likeness (QED) is 0.889. The van der Waals surface area contributed by atoms with Crippen LogP contribution in [0.15, 0.2) is 24.4 Å². The van der Waals surface area contributed by atoms with Gasteiger partial charge in [0, 0.05) is 30.8 Å². The molecular formula is C19H25F2N5. The fraction of sp³-hybridized carbons (Fsp3) is 0.579. The minimum Gasteiger partial charge on any atom is -0.313 e. The number of halogens is 2. The number of rotatable bonds is 5. The molecule has 5 nitrogen and oxygen atoms in total. The smallest absolute Gasteiger partial charge is 0.126 e. The predicted molar refractivity (Wildman–Crippen MR) is 95.6 cm³/mol. The molecule has 2 aliphatic heterocycles. The van der Waals surface area contributed by atoms with Crippen LogP contribution in [0.2, 0.25) is 0 Å². The topological polar surface area (TPSA) is 46.0 Å². The maximum absolute atomic E-state index is 13.4. The van der Waals surface area contributed by atoms with Gasteiger partial charge < -0.3 is 10.2 Å². The maximum Gasteiger partial charge on any atom is 0.126 e. The van der Waals surface area contributed by atoms with Crippen molar-refractivity contribution in [3.05, 3.63) is 36.0 Å². The second-order valence-electron chi connectivity index (χ2n) is 7.52. The molecule has 2 aliphatic rings. The van der Waals surface area contributed by atoms with Crippen molar-refractivity contribution in [2.45, 2.75) is 38.3 Å². The Morgan fingerprint density at radius 1 is 1.04 bits per heavy atom. The summed E-state index contributed by atoms with van der Waals surface area (Å²) in [4.78, 5) is 2.56. The highest BCUT2D eigenvalue weighted by molar-refractivity contribution is 5.57. The van der Waals surface area contributed by atoms with Gasteiger partial charge in [0.1, 0.15) is 17.3 Å². The van der Waals surface area contributed by atoms with Crippen molar-refractivity contribution in [2.75, 3.05) is 26.2 Å². The minimum atomic E-state index is -0.598. The first-order valence-corrected chi connectivity index (χ1v) is 9.48. The molecule has 0 unspecified atom stereocenters. The molecule has 0 spiro atoms. The summed E-state index contributed by atoms with van der Waals surface area (Å²) < 4.78 is 28.5. The van der Waals surface area contributed by atoms with Gasteiger partial charge in [0.05, 0.1) is 6.20 Å². The van der Waals surface area contributed by atoms with Crippen LogP contribution in [0.1, 0.15) is 25.7 Å². The molecule has 0 amide bonds. The van der Waals surface area contributed by atoms with Crippen LogP contribution >= 0.6 is 0 Å². The highest BCUT2D eigenvalue weighted by Crippen LogP contribution is 2.22. The molecule has 4 rings (SSSR count). The molecule has 2 saturated heterocycles. The third kappa shape index (κ3) is 4.27. The Hall–Kier alpha value is -1.86. The zero-order valence-corrected chi connectivity index (χ0v) is 14.9. The highest BCUT2D eigenvalue weighted by atomic mass is 19.1. The van der Waals surface area contributed by atoms with Crippen molar-refractivity contribution in [3.63, 3.8) is 0 Å². The lowest BCUT2D eigenvalue weighted by Gasteiger charge is -2.33. The summed E-state index contributed by atoms with van der Waals surface area (Å²) >= 11 is 0. The van der Waals surface area contributed by atoms with Crippen molar-refractivity contribution in [3.8, 4) is 11.3 Å². The Balaban J connectivity index is 1.30. The molecule has 26 heavy (non-hydrogen) atoms. The van der Waals surface area contributed by atoms with Gasteiger partial charge in [-0.1, -0.05) is 5.21 Å². The molecule has 0 saturated carbocycles. The van der Waals surface area contributed by atoms with Crippen molar-refractivity contribution in [1.29, 1.82) is 0 Å². The van der Waals surface area contributed by atoms with Crippen LogP contribution in [0.4, 0.5) is 8.78 Å². The van der Waals surface area contributed by atoms with Gasteiger partial charge in [0.25, 0.3) is 0 Å². The summed E-state index contributed by atoms with van der Waals surface area (Å²) in [6.07, 6.45) is 6.67. The van der Waals surface area contributed by atoms with Gasteiger partial charge in [-0.2, -0.15) is 0 Å². The van der Waals surface area contributed by atoms with Gasteiger partial charge in [-0.25, -0.2) is 8.78 Å². The first-order valence-electron chi connectivity index (χ1n) is 9.48. The van der Waals surface area contributed by atoms with Crippen LogP contribution in [-0.4, -0.2) is 52.1 Å². The summed E-state index contributed by atoms with van der Waals surface area (Å²) in [7, 11) is 0. The third-order valence-corrected chi connectivity index (χ3v) is 5.49. The Labute approximate surface area is 152 Å². The van der Waals surface area contributed by atoms with Gasteiger partial charge in [-0.3, -0.25) is 4.68 Å². The van der Waals surface area contributed by atoms with Crippen molar-refractivity contribution in [2.24, 2.45) is 5.92 Å². The number of likely N-dealkylation sites (tertiary alicyclic amines) is 1. The number of piperidine rings is 1. The molecule has 0 radical (unpaired) electrons. The number of benzene rings is 1. The van der Waals surface area contributed by atoms with Crippen LogP contribution in [-0.2, 0) is 6.54 Å². The average Bonchev–Trinajstić information content (AvgIpc) is 3.28. The molecule has 1 N–H and O–H groups in total. The molecular weight excluding hydrogens is 336 g/mol. The van der Waals surface area contributed by atoms with Crippen LogP contribution < -0.4 is 5.32 Å². The van der Waals surface area contributed by atoms with Gasteiger partial charge >= 0.3 is 0 Å². The van der Waals surface area contributed by atoms with Gasteiger partial charge in [0.15, 0.2) is 0 Å². The lowest BCUT2D eigenvalue weighted by atomic mass is 9.96. The number of nitrogens with zero attached hydrogens (tertiary/aromatic N) is 4. The molecule has 2 fully saturated rings. The Morgan fingerprint density at radius 2 is 1.81 bits per heavy atom. The summed E-state index contributed by atoms with van der Waals surface area (Å²) in [6.45, 7) is 5.37. The van der Waals surface area contributed by atoms with Gasteiger partial charge in [-0.05, 0) is 63.4 Å². The summed E-state index contributed by atoms with van der Waals surface area (Å²) in [6, 6.07) is 4.10. The first kappa shape index (κ1) is 17.5. The lowest BCUT2D eigenvalue weighted by molar-refractivity contribution is 0.159. The molecule has 1 aromatic heterocycles. The number of nitrogens with one attached hydrogen (secondary N) is 1. The Morgan fingerprint density at radius 3 is 2.50 bits per heavy atom. The molecule has 0 aliphatic carbocycles. The van der Waals surface area contributed by atoms with E-state index < -0.39 is 11.6 Å². The molecule has 140 valence electrons. The maximum atomic E-state index is 13.4. The van der Waals surface area contributed by atoms with E-state index >= 15 is 0 Å². The lowest BCUT2D eigenvalue weighted by Crippen LogP contribution is -2.42. The second-order valence-corrected chi connectivity index (χ2v) is 7.52. The van der Waals surface area contributed by atoms with Crippen molar-refractivity contribution in [1.82, 2.24) is 25.2 Å². The molecule has 1 aromatic carbocycles. The van der Waals surface area contributed by atoms with E-state index in [1.165, 1.54) is 25.0 Å². The third-order valence-electron chi connectivity index (χ3n) is 5.49. The SMILES string of the molecule is Fc1cc(F)cc(-c2cn(CC3CCN(C[C@H]4CCCN4)CC3)nn2)c1. The first-order chi connectivity index (χ1) is 12.7. The highest BCUT2D eigenvalue weighted by Gasteiger charge is 2.23. The normalized spacial score (nSPS) is 22.2. The Kier molecular flexibility index (Phi) is 5.26. The van der Waals surface area contributed by atoms with Gasteiger partial charge in [-0.15, -0.1) is 5.10 Å². The Bertz CT molecular complexity index is 713. The average molecular weight is 361 g/mol. The number of aromatic nitrogens is 3. The van der Waals surface area contributed by atoms with E-state index in [4.69, 9.17) is 0 Å². The van der Waals surface area contributed by atoms with E-state index in [0.29, 0.717) is 23.2 Å².